The quantitative estimate of drug-likeness (QED) is 0.337. The number of aliphatic imine (C=N–C) groups is 1. The number of amidine groups is 1. The Bertz CT molecular complexity index is 1190. The molecule has 0 aliphatic carbocycles. The van der Waals surface area contributed by atoms with Gasteiger partial charge in [-0.3, -0.25) is 9.59 Å². The number of amides is 1. The molecule has 0 aliphatic rings. The van der Waals surface area contributed by atoms with E-state index in [1.54, 1.807) is 6.07 Å². The first-order valence-corrected chi connectivity index (χ1v) is 9.19. The maximum Gasteiger partial charge on any atom is 0.416 e. The van der Waals surface area contributed by atoms with Crippen molar-refractivity contribution < 1.29 is 22.4 Å². The van der Waals surface area contributed by atoms with Crippen molar-refractivity contribution in [2.75, 3.05) is 0 Å². The zero-order valence-corrected chi connectivity index (χ0v) is 16.4. The van der Waals surface area contributed by atoms with Crippen LogP contribution in [-0.4, -0.2) is 16.7 Å². The maximum atomic E-state index is 13.4. The number of rotatable bonds is 4. The number of nitrogens with zero attached hydrogens (tertiary/aromatic N) is 1. The van der Waals surface area contributed by atoms with Crippen LogP contribution < -0.4 is 10.9 Å². The largest absolute Gasteiger partial charge is 0.416 e. The summed E-state index contributed by atoms with van der Waals surface area (Å²) in [4.78, 5) is 30.9. The second-order valence-electron chi connectivity index (χ2n) is 6.40. The number of hydrogen-bond donors (Lipinski definition) is 2. The Hall–Kier alpha value is -3.46. The fourth-order valence-electron chi connectivity index (χ4n) is 2.61. The molecule has 0 spiro atoms. The fourth-order valence-corrected chi connectivity index (χ4v) is 2.79. The van der Waals surface area contributed by atoms with Crippen molar-refractivity contribution in [3.05, 3.63) is 98.7 Å². The summed E-state index contributed by atoms with van der Waals surface area (Å²) in [5.74, 6) is -1.29. The number of carbonyl (C=O) groups is 1. The van der Waals surface area contributed by atoms with Gasteiger partial charge in [0, 0.05) is 23.7 Å². The van der Waals surface area contributed by atoms with E-state index in [-0.39, 0.29) is 34.1 Å². The maximum absolute atomic E-state index is 13.4. The number of pyridine rings is 1. The monoisotopic (exact) mass is 451 g/mol. The topological polar surface area (TPSA) is 74.3 Å². The smallest absolute Gasteiger partial charge is 0.326 e. The van der Waals surface area contributed by atoms with Crippen LogP contribution in [0.5, 0.6) is 0 Å². The van der Waals surface area contributed by atoms with Gasteiger partial charge in [0.1, 0.15) is 11.7 Å². The van der Waals surface area contributed by atoms with E-state index in [1.807, 2.05) is 0 Å². The van der Waals surface area contributed by atoms with Crippen LogP contribution in [0.3, 0.4) is 0 Å². The summed E-state index contributed by atoms with van der Waals surface area (Å²) in [5.41, 5.74) is -0.629. The Labute approximate surface area is 178 Å². The Morgan fingerprint density at radius 1 is 1.06 bits per heavy atom. The molecule has 0 atom stereocenters. The SMILES string of the molecule is O=C(NC(Cc1cccc(=O)[nH]1)=Nc1ccc(F)c(Cl)c1)c1ccc(C(F)(F)F)cc1. The molecule has 3 aromatic rings. The van der Waals surface area contributed by atoms with Crippen molar-refractivity contribution in [3.63, 3.8) is 0 Å². The van der Waals surface area contributed by atoms with Gasteiger partial charge in [0.2, 0.25) is 5.56 Å². The molecule has 3 rings (SSSR count). The average molecular weight is 452 g/mol. The van der Waals surface area contributed by atoms with Gasteiger partial charge in [0.15, 0.2) is 0 Å². The molecule has 0 saturated heterocycles. The summed E-state index contributed by atoms with van der Waals surface area (Å²) in [6, 6.07) is 11.7. The molecule has 1 heterocycles. The first-order chi connectivity index (χ1) is 14.6. The number of hydrogen-bond acceptors (Lipinski definition) is 3. The molecule has 1 amide bonds. The molecular weight excluding hydrogens is 438 g/mol. The summed E-state index contributed by atoms with van der Waals surface area (Å²) >= 11 is 5.76. The predicted molar refractivity (Wildman–Crippen MR) is 108 cm³/mol. The number of alkyl halides is 3. The molecular formula is C21H14ClF4N3O2. The van der Waals surface area contributed by atoms with Crippen LogP contribution >= 0.6 is 11.6 Å². The third-order valence-corrected chi connectivity index (χ3v) is 4.38. The van der Waals surface area contributed by atoms with Crippen molar-refractivity contribution in [2.24, 2.45) is 4.99 Å². The van der Waals surface area contributed by atoms with Crippen LogP contribution in [0, 0.1) is 5.82 Å². The molecule has 5 nitrogen and oxygen atoms in total. The minimum atomic E-state index is -4.53. The van der Waals surface area contributed by atoms with E-state index in [9.17, 15) is 27.2 Å². The lowest BCUT2D eigenvalue weighted by Crippen LogP contribution is -2.32. The second-order valence-corrected chi connectivity index (χ2v) is 6.81. The molecule has 1 aromatic heterocycles. The van der Waals surface area contributed by atoms with E-state index in [4.69, 9.17) is 11.6 Å². The number of aromatic nitrogens is 1. The number of aromatic amines is 1. The van der Waals surface area contributed by atoms with Crippen LogP contribution in [0.4, 0.5) is 23.2 Å². The minimum Gasteiger partial charge on any atom is -0.326 e. The van der Waals surface area contributed by atoms with Crippen LogP contribution in [0.1, 0.15) is 21.6 Å². The number of H-pyrrole nitrogens is 1. The van der Waals surface area contributed by atoms with Crippen LogP contribution in [0.15, 0.2) is 70.5 Å². The first kappa shape index (κ1) is 22.2. The molecule has 2 aromatic carbocycles. The Morgan fingerprint density at radius 2 is 1.77 bits per heavy atom. The van der Waals surface area contributed by atoms with Crippen molar-refractivity contribution in [2.45, 2.75) is 12.6 Å². The lowest BCUT2D eigenvalue weighted by Gasteiger charge is -2.11. The number of carbonyl (C=O) groups excluding carboxylic acids is 1. The molecule has 0 unspecified atom stereocenters. The highest BCUT2D eigenvalue weighted by Gasteiger charge is 2.30. The molecule has 0 aliphatic heterocycles. The highest BCUT2D eigenvalue weighted by atomic mass is 35.5. The minimum absolute atomic E-state index is 0.0164. The third-order valence-electron chi connectivity index (χ3n) is 4.09. The van der Waals surface area contributed by atoms with Crippen molar-refractivity contribution in [1.29, 1.82) is 0 Å². The van der Waals surface area contributed by atoms with E-state index < -0.39 is 23.5 Å². The van der Waals surface area contributed by atoms with Crippen molar-refractivity contribution in [3.8, 4) is 0 Å². The van der Waals surface area contributed by atoms with Crippen LogP contribution in [0.25, 0.3) is 0 Å². The highest BCUT2D eigenvalue weighted by molar-refractivity contribution is 6.31. The van der Waals surface area contributed by atoms with E-state index >= 15 is 0 Å². The summed E-state index contributed by atoms with van der Waals surface area (Å²) in [7, 11) is 0. The third kappa shape index (κ3) is 6.02. The van der Waals surface area contributed by atoms with Gasteiger partial charge in [-0.1, -0.05) is 17.7 Å². The van der Waals surface area contributed by atoms with Crippen LogP contribution in [0.2, 0.25) is 5.02 Å². The van der Waals surface area contributed by atoms with E-state index in [0.29, 0.717) is 5.69 Å². The summed E-state index contributed by atoms with van der Waals surface area (Å²) in [5, 5.41) is 2.33. The van der Waals surface area contributed by atoms with Gasteiger partial charge >= 0.3 is 6.18 Å². The lowest BCUT2D eigenvalue weighted by atomic mass is 10.1. The van der Waals surface area contributed by atoms with Gasteiger partial charge in [-0.15, -0.1) is 0 Å². The number of benzene rings is 2. The van der Waals surface area contributed by atoms with Gasteiger partial charge in [-0.25, -0.2) is 9.38 Å². The zero-order valence-electron chi connectivity index (χ0n) is 15.6. The van der Waals surface area contributed by atoms with Gasteiger partial charge in [0.25, 0.3) is 5.91 Å². The molecule has 2 N–H and O–H groups in total. The molecule has 0 radical (unpaired) electrons. The highest BCUT2D eigenvalue weighted by Crippen LogP contribution is 2.29. The van der Waals surface area contributed by atoms with E-state index in [2.05, 4.69) is 15.3 Å². The molecule has 0 bridgehead atoms. The van der Waals surface area contributed by atoms with Gasteiger partial charge in [0.05, 0.1) is 16.3 Å². The lowest BCUT2D eigenvalue weighted by molar-refractivity contribution is -0.137. The molecule has 31 heavy (non-hydrogen) atoms. The predicted octanol–water partition coefficient (Wildman–Crippen LogP) is 4.89. The van der Waals surface area contributed by atoms with E-state index in [0.717, 1.165) is 30.3 Å². The number of nitrogens with one attached hydrogen (secondary N) is 2. The van der Waals surface area contributed by atoms with Gasteiger partial charge in [-0.2, -0.15) is 13.2 Å². The van der Waals surface area contributed by atoms with E-state index in [1.165, 1.54) is 24.3 Å². The van der Waals surface area contributed by atoms with Gasteiger partial charge < -0.3 is 10.3 Å². The van der Waals surface area contributed by atoms with Crippen LogP contribution in [-0.2, 0) is 12.6 Å². The normalized spacial score (nSPS) is 12.0. The van der Waals surface area contributed by atoms with Gasteiger partial charge in [-0.05, 0) is 48.5 Å². The average Bonchev–Trinajstić information content (AvgIpc) is 2.70. The first-order valence-electron chi connectivity index (χ1n) is 8.81. The Kier molecular flexibility index (Phi) is 6.55. The zero-order chi connectivity index (χ0) is 22.6. The fraction of sp³-hybridized carbons (Fsp3) is 0.0952. The standard InChI is InChI=1S/C21H14ClF4N3O2/c22-16-10-15(8-9-17(16)23)27-18(11-14-2-1-3-19(30)28-14)29-20(31)12-4-6-13(7-5-12)21(24,25)26/h1-10H,11H2,(H,28,30)(H,27,29,31). The molecule has 10 heteroatoms. The Morgan fingerprint density at radius 3 is 2.39 bits per heavy atom. The summed E-state index contributed by atoms with van der Waals surface area (Å²) in [6.45, 7) is 0. The second kappa shape index (κ2) is 9.13. The van der Waals surface area contributed by atoms with Crippen molar-refractivity contribution >= 4 is 29.0 Å². The number of halogens is 5. The molecule has 0 fully saturated rings. The van der Waals surface area contributed by atoms with Crippen molar-refractivity contribution in [1.82, 2.24) is 10.3 Å². The summed E-state index contributed by atoms with van der Waals surface area (Å²) in [6.07, 6.45) is -4.54. The molecule has 0 saturated carbocycles. The molecule has 160 valence electrons. The Balaban J connectivity index is 1.89. The summed E-state index contributed by atoms with van der Waals surface area (Å²) < 4.78 is 51.6.